The summed E-state index contributed by atoms with van der Waals surface area (Å²) in [5, 5.41) is 6.75. The maximum atomic E-state index is 12.4. The molecule has 0 radical (unpaired) electrons. The Hall–Kier alpha value is -2.08. The van der Waals surface area contributed by atoms with E-state index in [1.807, 2.05) is 18.2 Å². The molecule has 2 heterocycles. The van der Waals surface area contributed by atoms with Gasteiger partial charge in [0.05, 0.1) is 12.1 Å². The number of pyridine rings is 1. The van der Waals surface area contributed by atoms with Gasteiger partial charge in [-0.1, -0.05) is 41.4 Å². The van der Waals surface area contributed by atoms with Crippen LogP contribution in [0.25, 0.3) is 0 Å². The summed E-state index contributed by atoms with van der Waals surface area (Å²) in [6.45, 7) is 2.64. The molecule has 2 aromatic rings. The number of nitrogens with zero attached hydrogens (tertiary/aromatic N) is 1. The number of benzene rings is 1. The molecule has 0 saturated carbocycles. The molecule has 0 unspecified atom stereocenters. The number of amides is 1. The van der Waals surface area contributed by atoms with E-state index in [1.54, 1.807) is 18.3 Å². The first kappa shape index (κ1) is 20.2. The number of hydrogen-bond donors (Lipinski definition) is 2. The molecule has 1 aliphatic heterocycles. The van der Waals surface area contributed by atoms with Gasteiger partial charge in [-0.3, -0.25) is 9.59 Å². The van der Waals surface area contributed by atoms with E-state index in [9.17, 15) is 9.59 Å². The van der Waals surface area contributed by atoms with E-state index < -0.39 is 0 Å². The van der Waals surface area contributed by atoms with Gasteiger partial charge in [0.15, 0.2) is 0 Å². The zero-order valence-corrected chi connectivity index (χ0v) is 15.8. The lowest BCUT2D eigenvalue weighted by molar-refractivity contribution is 0.0955. The number of rotatable bonds is 5. The van der Waals surface area contributed by atoms with Crippen molar-refractivity contribution in [2.45, 2.75) is 13.0 Å². The highest BCUT2D eigenvalue weighted by atomic mass is 35.5. The molecule has 0 fully saturated rings. The second-order valence-electron chi connectivity index (χ2n) is 5.97. The molecule has 1 aromatic carbocycles. The van der Waals surface area contributed by atoms with Crippen molar-refractivity contribution in [3.05, 3.63) is 80.7 Å². The highest BCUT2D eigenvalue weighted by Crippen LogP contribution is 2.15. The summed E-state index contributed by atoms with van der Waals surface area (Å²) in [6, 6.07) is 10.3. The van der Waals surface area contributed by atoms with Crippen LogP contribution < -0.4 is 16.2 Å². The van der Waals surface area contributed by atoms with Gasteiger partial charge in [0.25, 0.3) is 11.5 Å². The van der Waals surface area contributed by atoms with Crippen molar-refractivity contribution in [1.29, 1.82) is 0 Å². The van der Waals surface area contributed by atoms with Gasteiger partial charge in [-0.15, -0.1) is 12.4 Å². The highest BCUT2D eigenvalue weighted by molar-refractivity contribution is 6.31. The molecule has 1 amide bonds. The molecule has 26 heavy (non-hydrogen) atoms. The molecule has 1 aromatic heterocycles. The van der Waals surface area contributed by atoms with E-state index in [0.717, 1.165) is 25.1 Å². The number of hydrogen-bond acceptors (Lipinski definition) is 3. The molecule has 5 nitrogen and oxygen atoms in total. The molecule has 3 rings (SSSR count). The van der Waals surface area contributed by atoms with E-state index in [-0.39, 0.29) is 23.9 Å². The maximum Gasteiger partial charge on any atom is 0.253 e. The highest BCUT2D eigenvalue weighted by Gasteiger charge is 2.10. The van der Waals surface area contributed by atoms with Gasteiger partial charge in [-0.25, -0.2) is 0 Å². The van der Waals surface area contributed by atoms with Gasteiger partial charge in [-0.05, 0) is 30.7 Å². The van der Waals surface area contributed by atoms with Crippen LogP contribution in [0.1, 0.15) is 22.3 Å². The quantitative estimate of drug-likeness (QED) is 0.767. The topological polar surface area (TPSA) is 63.1 Å². The molecule has 1 aliphatic rings. The summed E-state index contributed by atoms with van der Waals surface area (Å²) < 4.78 is 1.50. The minimum absolute atomic E-state index is 0. The van der Waals surface area contributed by atoms with Crippen LogP contribution >= 0.6 is 24.0 Å². The van der Waals surface area contributed by atoms with Crippen LogP contribution in [-0.2, 0) is 6.54 Å². The van der Waals surface area contributed by atoms with Crippen LogP contribution in [0.15, 0.2) is 59.0 Å². The minimum atomic E-state index is -0.188. The third kappa shape index (κ3) is 5.21. The standard InChI is InChI=1S/C19H20ClN3O2.ClH/c20-17-4-2-1-3-15(17)12-23-13-16(5-6-18(23)24)19(25)22-11-14-7-9-21-10-8-14;/h1-7,13,21H,8-12H2,(H,22,25);1H. The second-order valence-corrected chi connectivity index (χ2v) is 6.38. The Kier molecular flexibility index (Phi) is 7.45. The lowest BCUT2D eigenvalue weighted by Crippen LogP contribution is -2.30. The number of carbonyl (C=O) groups is 1. The summed E-state index contributed by atoms with van der Waals surface area (Å²) in [7, 11) is 0. The van der Waals surface area contributed by atoms with Crippen LogP contribution in [0.3, 0.4) is 0 Å². The fourth-order valence-electron chi connectivity index (χ4n) is 2.73. The van der Waals surface area contributed by atoms with Crippen LogP contribution in [0, 0.1) is 0 Å². The largest absolute Gasteiger partial charge is 0.348 e. The Labute approximate surface area is 163 Å². The Morgan fingerprint density at radius 2 is 2.04 bits per heavy atom. The third-order valence-electron chi connectivity index (χ3n) is 4.18. The molecule has 0 saturated heterocycles. The van der Waals surface area contributed by atoms with Crippen LogP contribution in [0.5, 0.6) is 0 Å². The predicted octanol–water partition coefficient (Wildman–Crippen LogP) is 2.62. The van der Waals surface area contributed by atoms with Crippen LogP contribution in [0.2, 0.25) is 5.02 Å². The molecule has 7 heteroatoms. The van der Waals surface area contributed by atoms with E-state index in [4.69, 9.17) is 11.6 Å². The predicted molar refractivity (Wildman–Crippen MR) is 106 cm³/mol. The minimum Gasteiger partial charge on any atom is -0.348 e. The van der Waals surface area contributed by atoms with Crippen molar-refractivity contribution in [3.63, 3.8) is 0 Å². The summed E-state index contributed by atoms with van der Waals surface area (Å²) in [5.41, 5.74) is 2.35. The number of carbonyl (C=O) groups excluding carboxylic acids is 1. The SMILES string of the molecule is Cl.O=C(NCC1=CCNCC1)c1ccc(=O)n(Cc2ccccc2Cl)c1. The van der Waals surface area contributed by atoms with Gasteiger partial charge in [0.2, 0.25) is 0 Å². The Bertz CT molecular complexity index is 862. The Morgan fingerprint density at radius 1 is 1.23 bits per heavy atom. The maximum absolute atomic E-state index is 12.4. The number of aromatic nitrogens is 1. The molecule has 138 valence electrons. The molecule has 0 bridgehead atoms. The van der Waals surface area contributed by atoms with Gasteiger partial charge in [0.1, 0.15) is 0 Å². The molecule has 2 N–H and O–H groups in total. The Balaban J connectivity index is 0.00000243. The van der Waals surface area contributed by atoms with Crippen molar-refractivity contribution >= 4 is 29.9 Å². The second kappa shape index (κ2) is 9.57. The lowest BCUT2D eigenvalue weighted by Gasteiger charge is -2.15. The van der Waals surface area contributed by atoms with E-state index in [0.29, 0.717) is 23.7 Å². The van der Waals surface area contributed by atoms with Crippen molar-refractivity contribution in [2.75, 3.05) is 19.6 Å². The molecule has 0 aliphatic carbocycles. The van der Waals surface area contributed by atoms with Crippen molar-refractivity contribution < 1.29 is 4.79 Å². The van der Waals surface area contributed by atoms with Crippen molar-refractivity contribution in [1.82, 2.24) is 15.2 Å². The van der Waals surface area contributed by atoms with E-state index in [2.05, 4.69) is 16.7 Å². The lowest BCUT2D eigenvalue weighted by atomic mass is 10.1. The summed E-state index contributed by atoms with van der Waals surface area (Å²) >= 11 is 6.16. The molecular formula is C19H21Cl2N3O2. The smallest absolute Gasteiger partial charge is 0.253 e. The van der Waals surface area contributed by atoms with Gasteiger partial charge in [0, 0.05) is 30.4 Å². The first-order chi connectivity index (χ1) is 12.1. The Morgan fingerprint density at radius 3 is 2.77 bits per heavy atom. The zero-order chi connectivity index (χ0) is 17.6. The van der Waals surface area contributed by atoms with Crippen molar-refractivity contribution in [2.24, 2.45) is 0 Å². The molecule has 0 spiro atoms. The molecule has 0 atom stereocenters. The normalized spacial score (nSPS) is 13.5. The summed E-state index contributed by atoms with van der Waals surface area (Å²) in [4.78, 5) is 24.5. The van der Waals surface area contributed by atoms with Gasteiger partial charge < -0.3 is 15.2 Å². The van der Waals surface area contributed by atoms with Crippen LogP contribution in [-0.4, -0.2) is 30.1 Å². The number of nitrogens with one attached hydrogen (secondary N) is 2. The third-order valence-corrected chi connectivity index (χ3v) is 4.55. The van der Waals surface area contributed by atoms with Gasteiger partial charge >= 0.3 is 0 Å². The summed E-state index contributed by atoms with van der Waals surface area (Å²) in [6.07, 6.45) is 4.62. The molecular weight excluding hydrogens is 373 g/mol. The van der Waals surface area contributed by atoms with Crippen molar-refractivity contribution in [3.8, 4) is 0 Å². The van der Waals surface area contributed by atoms with E-state index in [1.165, 1.54) is 16.2 Å². The van der Waals surface area contributed by atoms with Crippen LogP contribution in [0.4, 0.5) is 0 Å². The average molecular weight is 394 g/mol. The first-order valence-electron chi connectivity index (χ1n) is 8.24. The fourth-order valence-corrected chi connectivity index (χ4v) is 2.92. The van der Waals surface area contributed by atoms with E-state index >= 15 is 0 Å². The zero-order valence-electron chi connectivity index (χ0n) is 14.2. The fraction of sp³-hybridized carbons (Fsp3) is 0.263. The average Bonchev–Trinajstić information content (AvgIpc) is 2.64. The first-order valence-corrected chi connectivity index (χ1v) is 8.62. The summed E-state index contributed by atoms with van der Waals surface area (Å²) in [5.74, 6) is -0.188. The number of halogens is 2. The monoisotopic (exact) mass is 393 g/mol. The van der Waals surface area contributed by atoms with Gasteiger partial charge in [-0.2, -0.15) is 0 Å².